The van der Waals surface area contributed by atoms with Gasteiger partial charge in [-0.15, -0.1) is 0 Å². The normalized spacial score (nSPS) is 10.6. The fraction of sp³-hybridized carbons (Fsp3) is 0.0588. The molecule has 0 atom stereocenters. The summed E-state index contributed by atoms with van der Waals surface area (Å²) in [7, 11) is 0. The number of nitrogens with one attached hydrogen (secondary N) is 1. The number of benzene rings is 2. The number of carboxylic acid groups (broad SMARTS) is 1. The van der Waals surface area contributed by atoms with E-state index in [1.165, 1.54) is 22.9 Å². The van der Waals surface area contributed by atoms with Crippen LogP contribution in [0.1, 0.15) is 10.4 Å². The highest BCUT2D eigenvalue weighted by Crippen LogP contribution is 2.26. The average Bonchev–Trinajstić information content (AvgIpc) is 3.03. The lowest BCUT2D eigenvalue weighted by Crippen LogP contribution is -2.35. The summed E-state index contributed by atoms with van der Waals surface area (Å²) in [5.41, 5.74) is 0.777. The Morgan fingerprint density at radius 3 is 2.70 bits per heavy atom. The molecular formula is C17H12ClN3O5S. The molecule has 0 radical (unpaired) electrons. The minimum atomic E-state index is -1.14. The number of para-hydroxylation sites is 1. The van der Waals surface area contributed by atoms with Crippen molar-refractivity contribution in [1.82, 2.24) is 5.27 Å². The van der Waals surface area contributed by atoms with Crippen LogP contribution in [0.25, 0.3) is 5.69 Å². The number of aromatic nitrogens is 2. The third kappa shape index (κ3) is 4.39. The smallest absolute Gasteiger partial charge is 0.335 e. The van der Waals surface area contributed by atoms with Crippen LogP contribution in [0.5, 0.6) is 5.95 Å². The van der Waals surface area contributed by atoms with E-state index >= 15 is 0 Å². The van der Waals surface area contributed by atoms with E-state index in [1.807, 2.05) is 6.07 Å². The summed E-state index contributed by atoms with van der Waals surface area (Å²) in [5.74, 6) is -2.40. The molecule has 0 aliphatic rings. The fourth-order valence-corrected chi connectivity index (χ4v) is 3.09. The minimum Gasteiger partial charge on any atom is -0.538 e. The first-order chi connectivity index (χ1) is 13.0. The summed E-state index contributed by atoms with van der Waals surface area (Å²) in [6.07, 6.45) is 0. The molecule has 3 rings (SSSR count). The summed E-state index contributed by atoms with van der Waals surface area (Å²) in [6, 6.07) is 12.8. The fourth-order valence-electron chi connectivity index (χ4n) is 2.17. The first kappa shape index (κ1) is 18.7. The van der Waals surface area contributed by atoms with E-state index in [2.05, 4.69) is 15.1 Å². The van der Waals surface area contributed by atoms with E-state index < -0.39 is 17.8 Å². The third-order valence-corrected chi connectivity index (χ3v) is 4.75. The Morgan fingerprint density at radius 1 is 1.26 bits per heavy atom. The van der Waals surface area contributed by atoms with Gasteiger partial charge in [0, 0.05) is 12.1 Å². The molecule has 0 spiro atoms. The van der Waals surface area contributed by atoms with Crippen molar-refractivity contribution in [2.45, 2.75) is 5.03 Å². The van der Waals surface area contributed by atoms with Crippen molar-refractivity contribution in [3.63, 3.8) is 0 Å². The van der Waals surface area contributed by atoms with E-state index in [4.69, 9.17) is 16.7 Å². The van der Waals surface area contributed by atoms with Crippen LogP contribution < -0.4 is 15.1 Å². The van der Waals surface area contributed by atoms with Crippen LogP contribution in [0.3, 0.4) is 0 Å². The number of carboxylic acids is 1. The summed E-state index contributed by atoms with van der Waals surface area (Å²) in [6.45, 7) is 0. The Hall–Kier alpha value is -3.04. The number of rotatable bonds is 6. The molecule has 2 N–H and O–H groups in total. The molecule has 1 heterocycles. The van der Waals surface area contributed by atoms with Crippen molar-refractivity contribution in [3.05, 3.63) is 59.1 Å². The summed E-state index contributed by atoms with van der Waals surface area (Å²) in [4.78, 5) is 23.2. The Bertz CT molecular complexity index is 993. The van der Waals surface area contributed by atoms with E-state index in [0.717, 1.165) is 11.8 Å². The zero-order valence-electron chi connectivity index (χ0n) is 13.6. The molecule has 2 aromatic carbocycles. The van der Waals surface area contributed by atoms with Crippen molar-refractivity contribution in [2.75, 3.05) is 11.1 Å². The topological polar surface area (TPSA) is 119 Å². The Labute approximate surface area is 162 Å². The van der Waals surface area contributed by atoms with Crippen LogP contribution in [0, 0.1) is 0 Å². The average molecular weight is 406 g/mol. The molecule has 3 aromatic rings. The maximum absolute atomic E-state index is 12.2. The van der Waals surface area contributed by atoms with Crippen LogP contribution in [-0.2, 0) is 4.79 Å². The van der Waals surface area contributed by atoms with Gasteiger partial charge in [-0.25, -0.2) is 4.79 Å². The van der Waals surface area contributed by atoms with Crippen LogP contribution >= 0.6 is 23.4 Å². The standard InChI is InChI=1S/C17H12ClN3O5S/c18-12-7-6-10(16(23)24)8-13(12)19-14(22)9-27-15-17(25)26-20-21(15)11-4-2-1-3-5-11/h1-8H,9H2,(H2-,19,20,22,23,24,25). The van der Waals surface area contributed by atoms with Gasteiger partial charge in [-0.1, -0.05) is 29.8 Å². The quantitative estimate of drug-likeness (QED) is 0.476. The van der Waals surface area contributed by atoms with Gasteiger partial charge < -0.3 is 20.1 Å². The van der Waals surface area contributed by atoms with Gasteiger partial charge >= 0.3 is 5.97 Å². The van der Waals surface area contributed by atoms with Crippen LogP contribution in [-0.4, -0.2) is 28.0 Å². The molecule has 1 aromatic heterocycles. The van der Waals surface area contributed by atoms with Crippen molar-refractivity contribution >= 4 is 40.9 Å². The number of amides is 1. The highest BCUT2D eigenvalue weighted by atomic mass is 35.5. The number of anilines is 1. The third-order valence-electron chi connectivity index (χ3n) is 3.40. The second-order valence-corrected chi connectivity index (χ2v) is 6.62. The highest BCUT2D eigenvalue weighted by Gasteiger charge is 2.22. The van der Waals surface area contributed by atoms with E-state index in [0.29, 0.717) is 5.69 Å². The Kier molecular flexibility index (Phi) is 5.63. The predicted octanol–water partition coefficient (Wildman–Crippen LogP) is 2.11. The number of aromatic carboxylic acids is 1. The van der Waals surface area contributed by atoms with E-state index in [1.54, 1.807) is 24.3 Å². The molecule has 0 fully saturated rings. The minimum absolute atomic E-state index is 0.00912. The Balaban J connectivity index is 1.71. The molecule has 138 valence electrons. The molecule has 0 saturated heterocycles. The largest absolute Gasteiger partial charge is 0.538 e. The lowest BCUT2D eigenvalue weighted by atomic mass is 10.2. The SMILES string of the molecule is O=C(CSc1c([O-])on[n+]1-c1ccccc1)Nc1cc(C(=O)O)ccc1Cl. The molecular weight excluding hydrogens is 394 g/mol. The Morgan fingerprint density at radius 2 is 2.00 bits per heavy atom. The molecule has 27 heavy (non-hydrogen) atoms. The maximum Gasteiger partial charge on any atom is 0.335 e. The van der Waals surface area contributed by atoms with Crippen LogP contribution in [0.2, 0.25) is 5.02 Å². The molecule has 0 unspecified atom stereocenters. The molecule has 1 amide bonds. The maximum atomic E-state index is 12.2. The molecule has 0 bridgehead atoms. The van der Waals surface area contributed by atoms with Gasteiger partial charge in [-0.2, -0.15) is 0 Å². The molecule has 0 aliphatic heterocycles. The molecule has 10 heteroatoms. The first-order valence-electron chi connectivity index (χ1n) is 7.55. The van der Waals surface area contributed by atoms with Gasteiger partial charge in [-0.3, -0.25) is 4.79 Å². The second kappa shape index (κ2) is 8.11. The van der Waals surface area contributed by atoms with Gasteiger partial charge in [0.15, 0.2) is 5.95 Å². The number of carbonyl (C=O) groups excluding carboxylic acids is 1. The van der Waals surface area contributed by atoms with Crippen LogP contribution in [0.15, 0.2) is 58.1 Å². The van der Waals surface area contributed by atoms with Crippen molar-refractivity contribution in [1.29, 1.82) is 0 Å². The number of hydrogen-bond donors (Lipinski definition) is 2. The van der Waals surface area contributed by atoms with Gasteiger partial charge in [0.2, 0.25) is 11.6 Å². The molecule has 0 saturated carbocycles. The summed E-state index contributed by atoms with van der Waals surface area (Å²) < 4.78 is 5.98. The van der Waals surface area contributed by atoms with Gasteiger partial charge in [-0.05, 0) is 34.6 Å². The van der Waals surface area contributed by atoms with Crippen LogP contribution in [0.4, 0.5) is 5.69 Å². The van der Waals surface area contributed by atoms with Crippen molar-refractivity contribution in [2.24, 2.45) is 0 Å². The lowest BCUT2D eigenvalue weighted by Gasteiger charge is -2.07. The summed E-state index contributed by atoms with van der Waals surface area (Å²) in [5, 5.41) is 27.4. The number of halogens is 1. The van der Waals surface area contributed by atoms with Gasteiger partial charge in [0.05, 0.1) is 27.3 Å². The van der Waals surface area contributed by atoms with Crippen molar-refractivity contribution < 1.29 is 29.0 Å². The van der Waals surface area contributed by atoms with E-state index in [9.17, 15) is 14.7 Å². The second-order valence-electron chi connectivity index (χ2n) is 5.25. The zero-order chi connectivity index (χ0) is 19.4. The predicted molar refractivity (Wildman–Crippen MR) is 95.2 cm³/mol. The van der Waals surface area contributed by atoms with E-state index in [-0.39, 0.29) is 27.1 Å². The van der Waals surface area contributed by atoms with Gasteiger partial charge in [0.1, 0.15) is 0 Å². The van der Waals surface area contributed by atoms with Gasteiger partial charge in [0.25, 0.3) is 5.03 Å². The number of thioether (sulfide) groups is 1. The first-order valence-corrected chi connectivity index (χ1v) is 8.92. The monoisotopic (exact) mass is 405 g/mol. The highest BCUT2D eigenvalue weighted by molar-refractivity contribution is 7.99. The lowest BCUT2D eigenvalue weighted by molar-refractivity contribution is -0.705. The zero-order valence-corrected chi connectivity index (χ0v) is 15.2. The number of nitrogens with zero attached hydrogens (tertiary/aromatic N) is 2. The summed E-state index contributed by atoms with van der Waals surface area (Å²) >= 11 is 6.92. The molecule has 8 nitrogen and oxygen atoms in total. The number of hydrogen-bond acceptors (Lipinski definition) is 6. The number of carbonyl (C=O) groups is 2. The molecule has 0 aliphatic carbocycles. The van der Waals surface area contributed by atoms with Crippen molar-refractivity contribution in [3.8, 4) is 11.6 Å².